The molecule has 0 heterocycles. The number of nitrogens with zero attached hydrogens (tertiary/aromatic N) is 1. The summed E-state index contributed by atoms with van der Waals surface area (Å²) in [5.74, 6) is -0.119. The normalized spacial score (nSPS) is 12.6. The lowest BCUT2D eigenvalue weighted by molar-refractivity contribution is 0.0742. The fraction of sp³-hybridized carbons (Fsp3) is 0.278. The van der Waals surface area contributed by atoms with Crippen LogP contribution in [0, 0.1) is 0 Å². The van der Waals surface area contributed by atoms with Crippen LogP contribution >= 0.6 is 0 Å². The Bertz CT molecular complexity index is 830. The number of carbonyl (C=O) groups is 1. The van der Waals surface area contributed by atoms with Gasteiger partial charge >= 0.3 is 0 Å². The van der Waals surface area contributed by atoms with E-state index in [1.54, 1.807) is 43.3 Å². The fourth-order valence-electron chi connectivity index (χ4n) is 2.45. The third-order valence-electron chi connectivity index (χ3n) is 4.10. The smallest absolute Gasteiger partial charge is 0.254 e. The third kappa shape index (κ3) is 4.66. The molecule has 0 aliphatic carbocycles. The lowest BCUT2D eigenvalue weighted by Gasteiger charge is -2.25. The topological polar surface area (TPSA) is 89.7 Å². The molecule has 25 heavy (non-hydrogen) atoms. The van der Waals surface area contributed by atoms with E-state index in [1.165, 1.54) is 12.1 Å². The van der Waals surface area contributed by atoms with Crippen LogP contribution < -0.4 is 5.14 Å². The standard InChI is InChI=1S/C18H22N2O4S/c1-13(15-8-10-17(11-9-15)25(19,22)23)20(2)18(21)16-6-4-14(5-7-16)12-24-3/h4-11,13H,12H2,1-3H3,(H2,19,22,23)/t13-/m0/s1. The Balaban J connectivity index is 2.15. The van der Waals surface area contributed by atoms with Crippen molar-refractivity contribution in [1.82, 2.24) is 4.90 Å². The van der Waals surface area contributed by atoms with Gasteiger partial charge in [-0.2, -0.15) is 0 Å². The van der Waals surface area contributed by atoms with Crippen LogP contribution in [0.2, 0.25) is 0 Å². The molecule has 2 aromatic rings. The van der Waals surface area contributed by atoms with E-state index in [0.29, 0.717) is 12.2 Å². The number of rotatable bonds is 6. The van der Waals surface area contributed by atoms with Gasteiger partial charge in [-0.3, -0.25) is 4.79 Å². The number of hydrogen-bond donors (Lipinski definition) is 1. The quantitative estimate of drug-likeness (QED) is 0.854. The van der Waals surface area contributed by atoms with E-state index >= 15 is 0 Å². The Kier molecular flexibility index (Phi) is 5.94. The first-order valence-corrected chi connectivity index (χ1v) is 9.26. The van der Waals surface area contributed by atoms with E-state index in [2.05, 4.69) is 0 Å². The molecule has 134 valence electrons. The first-order valence-electron chi connectivity index (χ1n) is 7.72. The highest BCUT2D eigenvalue weighted by molar-refractivity contribution is 7.89. The Morgan fingerprint density at radius 2 is 1.68 bits per heavy atom. The number of nitrogens with two attached hydrogens (primary N) is 1. The molecule has 0 bridgehead atoms. The molecular formula is C18H22N2O4S. The number of hydrogen-bond acceptors (Lipinski definition) is 4. The van der Waals surface area contributed by atoms with Gasteiger partial charge in [0.25, 0.3) is 5.91 Å². The number of benzene rings is 2. The molecule has 0 saturated carbocycles. The predicted octanol–water partition coefficient (Wildman–Crippen LogP) is 2.31. The van der Waals surface area contributed by atoms with Gasteiger partial charge in [0, 0.05) is 19.7 Å². The van der Waals surface area contributed by atoms with E-state index in [1.807, 2.05) is 19.1 Å². The number of amides is 1. The molecule has 0 aliphatic heterocycles. The first-order chi connectivity index (χ1) is 11.7. The van der Waals surface area contributed by atoms with Crippen molar-refractivity contribution in [1.29, 1.82) is 0 Å². The van der Waals surface area contributed by atoms with Crippen LogP contribution in [0.5, 0.6) is 0 Å². The van der Waals surface area contributed by atoms with E-state index < -0.39 is 10.0 Å². The van der Waals surface area contributed by atoms with Gasteiger partial charge in [-0.15, -0.1) is 0 Å². The Morgan fingerprint density at radius 1 is 1.12 bits per heavy atom. The maximum Gasteiger partial charge on any atom is 0.254 e. The van der Waals surface area contributed by atoms with Gasteiger partial charge in [-0.25, -0.2) is 13.6 Å². The van der Waals surface area contributed by atoms with E-state index in [-0.39, 0.29) is 16.8 Å². The summed E-state index contributed by atoms with van der Waals surface area (Å²) in [5, 5.41) is 5.10. The van der Waals surface area contributed by atoms with Crippen molar-refractivity contribution in [2.75, 3.05) is 14.2 Å². The largest absolute Gasteiger partial charge is 0.380 e. The van der Waals surface area contributed by atoms with Gasteiger partial charge in [0.15, 0.2) is 0 Å². The van der Waals surface area contributed by atoms with Crippen LogP contribution in [-0.2, 0) is 21.4 Å². The summed E-state index contributed by atoms with van der Waals surface area (Å²) < 4.78 is 27.7. The molecule has 2 N–H and O–H groups in total. The molecule has 6 nitrogen and oxygen atoms in total. The van der Waals surface area contributed by atoms with Crippen molar-refractivity contribution in [3.05, 3.63) is 65.2 Å². The Hall–Kier alpha value is -2.22. The number of methoxy groups -OCH3 is 1. The third-order valence-corrected chi connectivity index (χ3v) is 5.03. The van der Waals surface area contributed by atoms with E-state index in [0.717, 1.165) is 11.1 Å². The number of ether oxygens (including phenoxy) is 1. The highest BCUT2D eigenvalue weighted by atomic mass is 32.2. The molecule has 2 rings (SSSR count). The number of carbonyl (C=O) groups excluding carboxylic acids is 1. The van der Waals surface area contributed by atoms with Gasteiger partial charge in [-0.05, 0) is 42.3 Å². The second-order valence-electron chi connectivity index (χ2n) is 5.84. The van der Waals surface area contributed by atoms with Crippen LogP contribution in [0.4, 0.5) is 0 Å². The molecule has 0 saturated heterocycles. The van der Waals surface area contributed by atoms with Crippen LogP contribution in [-0.4, -0.2) is 33.4 Å². The minimum absolute atomic E-state index is 0.0474. The SMILES string of the molecule is COCc1ccc(C(=O)N(C)[C@@H](C)c2ccc(S(N)(=O)=O)cc2)cc1. The molecule has 7 heteroatoms. The van der Waals surface area contributed by atoms with Gasteiger partial charge in [0.05, 0.1) is 17.5 Å². The molecule has 2 aromatic carbocycles. The van der Waals surface area contributed by atoms with Crippen molar-refractivity contribution in [2.24, 2.45) is 5.14 Å². The zero-order chi connectivity index (χ0) is 18.6. The molecule has 0 unspecified atom stereocenters. The van der Waals surface area contributed by atoms with Crippen LogP contribution in [0.25, 0.3) is 0 Å². The highest BCUT2D eigenvalue weighted by Gasteiger charge is 2.19. The minimum Gasteiger partial charge on any atom is -0.380 e. The molecule has 1 atom stereocenters. The van der Waals surface area contributed by atoms with Crippen molar-refractivity contribution in [3.8, 4) is 0 Å². The van der Waals surface area contributed by atoms with Crippen LogP contribution in [0.1, 0.15) is 34.5 Å². The summed E-state index contributed by atoms with van der Waals surface area (Å²) in [5.41, 5.74) is 2.39. The molecule has 0 aromatic heterocycles. The molecular weight excluding hydrogens is 340 g/mol. The minimum atomic E-state index is -3.72. The van der Waals surface area contributed by atoms with Crippen molar-refractivity contribution in [2.45, 2.75) is 24.5 Å². The maximum absolute atomic E-state index is 12.6. The van der Waals surface area contributed by atoms with Crippen molar-refractivity contribution >= 4 is 15.9 Å². The van der Waals surface area contributed by atoms with Crippen LogP contribution in [0.3, 0.4) is 0 Å². The predicted molar refractivity (Wildman–Crippen MR) is 95.5 cm³/mol. The van der Waals surface area contributed by atoms with Gasteiger partial charge in [0.2, 0.25) is 10.0 Å². The summed E-state index contributed by atoms with van der Waals surface area (Å²) in [4.78, 5) is 14.3. The Morgan fingerprint density at radius 3 is 2.16 bits per heavy atom. The highest BCUT2D eigenvalue weighted by Crippen LogP contribution is 2.22. The average Bonchev–Trinajstić information content (AvgIpc) is 2.60. The molecule has 1 amide bonds. The second kappa shape index (κ2) is 7.77. The zero-order valence-electron chi connectivity index (χ0n) is 14.5. The van der Waals surface area contributed by atoms with Gasteiger partial charge in [-0.1, -0.05) is 24.3 Å². The van der Waals surface area contributed by atoms with Gasteiger partial charge < -0.3 is 9.64 Å². The molecule has 0 fully saturated rings. The summed E-state index contributed by atoms with van der Waals surface area (Å²) in [6.45, 7) is 2.38. The van der Waals surface area contributed by atoms with Crippen molar-refractivity contribution < 1.29 is 17.9 Å². The lowest BCUT2D eigenvalue weighted by atomic mass is 10.1. The molecule has 0 aliphatic rings. The van der Waals surface area contributed by atoms with Gasteiger partial charge in [0.1, 0.15) is 0 Å². The summed E-state index contributed by atoms with van der Waals surface area (Å²) in [7, 11) is -0.392. The molecule has 0 spiro atoms. The van der Waals surface area contributed by atoms with E-state index in [4.69, 9.17) is 9.88 Å². The summed E-state index contributed by atoms with van der Waals surface area (Å²) >= 11 is 0. The first kappa shape index (κ1) is 19.1. The van der Waals surface area contributed by atoms with Crippen molar-refractivity contribution in [3.63, 3.8) is 0 Å². The summed E-state index contributed by atoms with van der Waals surface area (Å²) in [6.07, 6.45) is 0. The van der Waals surface area contributed by atoms with E-state index in [9.17, 15) is 13.2 Å². The second-order valence-corrected chi connectivity index (χ2v) is 7.40. The number of primary sulfonamides is 1. The lowest BCUT2D eigenvalue weighted by Crippen LogP contribution is -2.29. The van der Waals surface area contributed by atoms with Crippen LogP contribution in [0.15, 0.2) is 53.4 Å². The average molecular weight is 362 g/mol. The Labute approximate surface area is 148 Å². The summed E-state index contributed by atoms with van der Waals surface area (Å²) in [6, 6.07) is 13.2. The molecule has 0 radical (unpaired) electrons. The monoisotopic (exact) mass is 362 g/mol. The zero-order valence-corrected chi connectivity index (χ0v) is 15.3. The number of sulfonamides is 1. The maximum atomic E-state index is 12.6. The fourth-order valence-corrected chi connectivity index (χ4v) is 2.96.